The van der Waals surface area contributed by atoms with Crippen LogP contribution in [0, 0.1) is 0 Å². The summed E-state index contributed by atoms with van der Waals surface area (Å²) >= 11 is 0. The number of hydrogen-bond acceptors (Lipinski definition) is 3. The van der Waals surface area contributed by atoms with Gasteiger partial charge >= 0.3 is 6.18 Å². The molecular formula is C19H18F3NO3. The molecule has 0 aromatic heterocycles. The molecule has 1 amide bonds. The van der Waals surface area contributed by atoms with Gasteiger partial charge in [0.05, 0.1) is 11.6 Å². The van der Waals surface area contributed by atoms with Crippen molar-refractivity contribution < 1.29 is 27.5 Å². The van der Waals surface area contributed by atoms with Crippen molar-refractivity contribution in [3.63, 3.8) is 0 Å². The standard InChI is InChI=1S/C19H18F3NO3/c1-12(14-5-3-7-16(9-14)19(20,21)22)23-18(25)11-26-17-8-4-6-15(10-17)13(2)24/h3-10,12H,11H2,1-2H3,(H,23,25)/t12-/m0/s1. The molecule has 138 valence electrons. The monoisotopic (exact) mass is 365 g/mol. The number of ketones is 1. The molecule has 1 atom stereocenters. The van der Waals surface area contributed by atoms with E-state index in [1.54, 1.807) is 25.1 Å². The third-order valence-corrected chi connectivity index (χ3v) is 3.70. The molecule has 0 saturated heterocycles. The Morgan fingerprint density at radius 3 is 2.46 bits per heavy atom. The molecule has 1 N–H and O–H groups in total. The molecule has 0 unspecified atom stereocenters. The molecule has 0 aliphatic heterocycles. The molecule has 0 saturated carbocycles. The number of nitrogens with one attached hydrogen (secondary N) is 1. The van der Waals surface area contributed by atoms with Crippen molar-refractivity contribution in [1.29, 1.82) is 0 Å². The van der Waals surface area contributed by atoms with Crippen LogP contribution in [-0.4, -0.2) is 18.3 Å². The fourth-order valence-corrected chi connectivity index (χ4v) is 2.30. The normalized spacial score (nSPS) is 12.3. The topological polar surface area (TPSA) is 55.4 Å². The van der Waals surface area contributed by atoms with E-state index in [0.717, 1.165) is 12.1 Å². The molecule has 2 rings (SSSR count). The minimum atomic E-state index is -4.44. The summed E-state index contributed by atoms with van der Waals surface area (Å²) in [5.41, 5.74) is 0.0281. The number of rotatable bonds is 6. The van der Waals surface area contributed by atoms with Gasteiger partial charge in [0.15, 0.2) is 12.4 Å². The molecule has 7 heteroatoms. The van der Waals surface area contributed by atoms with Crippen LogP contribution in [0.1, 0.15) is 41.4 Å². The van der Waals surface area contributed by atoms with Gasteiger partial charge in [-0.25, -0.2) is 0 Å². The average Bonchev–Trinajstić information content (AvgIpc) is 2.59. The number of ether oxygens (including phenoxy) is 1. The maximum Gasteiger partial charge on any atom is 0.416 e. The second-order valence-electron chi connectivity index (χ2n) is 5.79. The molecule has 2 aromatic carbocycles. The maximum atomic E-state index is 12.8. The summed E-state index contributed by atoms with van der Waals surface area (Å²) in [5, 5.41) is 2.58. The quantitative estimate of drug-likeness (QED) is 0.782. The van der Waals surface area contributed by atoms with Crippen LogP contribution < -0.4 is 10.1 Å². The Labute approximate surface area is 149 Å². The highest BCUT2D eigenvalue weighted by Gasteiger charge is 2.30. The average molecular weight is 365 g/mol. The molecule has 0 bridgehead atoms. The Kier molecular flexibility index (Phi) is 6.02. The number of amides is 1. The SMILES string of the molecule is CC(=O)c1cccc(OCC(=O)N[C@@H](C)c2cccc(C(F)(F)F)c2)c1. The number of Topliss-reactive ketones (excluding diaryl/α,β-unsaturated/α-hetero) is 1. The number of carbonyl (C=O) groups excluding carboxylic acids is 2. The summed E-state index contributed by atoms with van der Waals surface area (Å²) in [4.78, 5) is 23.3. The third kappa shape index (κ3) is 5.34. The van der Waals surface area contributed by atoms with Crippen LogP contribution in [0.5, 0.6) is 5.75 Å². The van der Waals surface area contributed by atoms with Gasteiger partial charge in [-0.2, -0.15) is 13.2 Å². The van der Waals surface area contributed by atoms with Gasteiger partial charge in [0.1, 0.15) is 5.75 Å². The Morgan fingerprint density at radius 1 is 1.12 bits per heavy atom. The van der Waals surface area contributed by atoms with E-state index in [2.05, 4.69) is 5.32 Å². The van der Waals surface area contributed by atoms with Crippen LogP contribution >= 0.6 is 0 Å². The van der Waals surface area contributed by atoms with Gasteiger partial charge in [-0.3, -0.25) is 9.59 Å². The highest BCUT2D eigenvalue weighted by molar-refractivity contribution is 5.94. The van der Waals surface area contributed by atoms with Gasteiger partial charge in [-0.15, -0.1) is 0 Å². The van der Waals surface area contributed by atoms with E-state index >= 15 is 0 Å². The summed E-state index contributed by atoms with van der Waals surface area (Å²) in [7, 11) is 0. The molecular weight excluding hydrogens is 347 g/mol. The number of alkyl halides is 3. The number of benzene rings is 2. The van der Waals surface area contributed by atoms with E-state index in [1.165, 1.54) is 25.1 Å². The second kappa shape index (κ2) is 8.03. The number of halogens is 3. The maximum absolute atomic E-state index is 12.8. The predicted molar refractivity (Wildman–Crippen MR) is 89.9 cm³/mol. The summed E-state index contributed by atoms with van der Waals surface area (Å²) in [6.07, 6.45) is -4.44. The summed E-state index contributed by atoms with van der Waals surface area (Å²) in [5.74, 6) is -0.249. The predicted octanol–water partition coefficient (Wildman–Crippen LogP) is 4.16. The second-order valence-corrected chi connectivity index (χ2v) is 5.79. The molecule has 0 aliphatic rings. The van der Waals surface area contributed by atoms with Crippen LogP contribution in [0.4, 0.5) is 13.2 Å². The third-order valence-electron chi connectivity index (χ3n) is 3.70. The highest BCUT2D eigenvalue weighted by Crippen LogP contribution is 2.30. The van der Waals surface area contributed by atoms with Gasteiger partial charge in [-0.05, 0) is 43.7 Å². The van der Waals surface area contributed by atoms with Crippen molar-refractivity contribution in [2.24, 2.45) is 0 Å². The first-order chi connectivity index (χ1) is 12.2. The first kappa shape index (κ1) is 19.5. The lowest BCUT2D eigenvalue weighted by atomic mass is 10.0. The lowest BCUT2D eigenvalue weighted by Crippen LogP contribution is -2.31. The van der Waals surface area contributed by atoms with Crippen molar-refractivity contribution >= 4 is 11.7 Å². The minimum Gasteiger partial charge on any atom is -0.484 e. The van der Waals surface area contributed by atoms with Gasteiger partial charge < -0.3 is 10.1 Å². The van der Waals surface area contributed by atoms with Gasteiger partial charge in [-0.1, -0.05) is 24.3 Å². The Balaban J connectivity index is 1.95. The molecule has 0 heterocycles. The highest BCUT2D eigenvalue weighted by atomic mass is 19.4. The number of hydrogen-bond donors (Lipinski definition) is 1. The Bertz CT molecular complexity index is 803. The van der Waals surface area contributed by atoms with Crippen molar-refractivity contribution in [2.75, 3.05) is 6.61 Å². The van der Waals surface area contributed by atoms with Crippen molar-refractivity contribution in [3.8, 4) is 5.75 Å². The zero-order valence-electron chi connectivity index (χ0n) is 14.3. The van der Waals surface area contributed by atoms with E-state index in [4.69, 9.17) is 4.74 Å². The zero-order valence-corrected chi connectivity index (χ0v) is 14.3. The Hall–Kier alpha value is -2.83. The van der Waals surface area contributed by atoms with Crippen LogP contribution in [0.2, 0.25) is 0 Å². The van der Waals surface area contributed by atoms with Crippen LogP contribution in [0.25, 0.3) is 0 Å². The molecule has 0 aliphatic carbocycles. The first-order valence-electron chi connectivity index (χ1n) is 7.87. The fourth-order valence-electron chi connectivity index (χ4n) is 2.30. The van der Waals surface area contributed by atoms with E-state index in [1.807, 2.05) is 0 Å². The summed E-state index contributed by atoms with van der Waals surface area (Å²) < 4.78 is 43.6. The molecule has 4 nitrogen and oxygen atoms in total. The summed E-state index contributed by atoms with van der Waals surface area (Å²) in [6.45, 7) is 2.69. The van der Waals surface area contributed by atoms with E-state index < -0.39 is 23.7 Å². The number of carbonyl (C=O) groups is 2. The van der Waals surface area contributed by atoms with Crippen molar-refractivity contribution in [1.82, 2.24) is 5.32 Å². The minimum absolute atomic E-state index is 0.127. The van der Waals surface area contributed by atoms with Crippen molar-refractivity contribution in [2.45, 2.75) is 26.1 Å². The molecule has 0 radical (unpaired) electrons. The van der Waals surface area contributed by atoms with E-state index in [9.17, 15) is 22.8 Å². The first-order valence-corrected chi connectivity index (χ1v) is 7.87. The van der Waals surface area contributed by atoms with E-state index in [-0.39, 0.29) is 12.4 Å². The molecule has 0 spiro atoms. The van der Waals surface area contributed by atoms with E-state index in [0.29, 0.717) is 16.9 Å². The fraction of sp³-hybridized carbons (Fsp3) is 0.263. The molecule has 0 fully saturated rings. The lowest BCUT2D eigenvalue weighted by molar-refractivity contribution is -0.137. The van der Waals surface area contributed by atoms with Gasteiger partial charge in [0, 0.05) is 5.56 Å². The zero-order chi connectivity index (χ0) is 19.3. The summed E-state index contributed by atoms with van der Waals surface area (Å²) in [6, 6.07) is 10.6. The van der Waals surface area contributed by atoms with Crippen LogP contribution in [0.3, 0.4) is 0 Å². The van der Waals surface area contributed by atoms with Crippen LogP contribution in [-0.2, 0) is 11.0 Å². The smallest absolute Gasteiger partial charge is 0.416 e. The molecule has 26 heavy (non-hydrogen) atoms. The molecule has 2 aromatic rings. The van der Waals surface area contributed by atoms with Gasteiger partial charge in [0.25, 0.3) is 5.91 Å². The largest absolute Gasteiger partial charge is 0.484 e. The van der Waals surface area contributed by atoms with Gasteiger partial charge in [0.2, 0.25) is 0 Å². The lowest BCUT2D eigenvalue weighted by Gasteiger charge is -2.16. The Morgan fingerprint density at radius 2 is 1.81 bits per heavy atom. The van der Waals surface area contributed by atoms with Crippen LogP contribution in [0.15, 0.2) is 48.5 Å². The van der Waals surface area contributed by atoms with Crippen molar-refractivity contribution in [3.05, 3.63) is 65.2 Å².